The van der Waals surface area contributed by atoms with Gasteiger partial charge in [-0.3, -0.25) is 4.79 Å². The van der Waals surface area contributed by atoms with Crippen molar-refractivity contribution in [2.75, 3.05) is 0 Å². The molecule has 2 bridgehead atoms. The Morgan fingerprint density at radius 2 is 1.94 bits per heavy atom. The highest BCUT2D eigenvalue weighted by Gasteiger charge is 2.62. The zero-order chi connectivity index (χ0) is 21.7. The highest BCUT2D eigenvalue weighted by molar-refractivity contribution is 7.79. The van der Waals surface area contributed by atoms with Gasteiger partial charge in [0.2, 0.25) is 5.91 Å². The molecule has 0 spiro atoms. The Labute approximate surface area is 182 Å². The molecule has 5 rings (SSSR count). The molecule has 1 heterocycles. The van der Waals surface area contributed by atoms with E-state index < -0.39 is 22.9 Å². The number of hydrogen-bond donors (Lipinski definition) is 3. The second-order valence-corrected chi connectivity index (χ2v) is 9.66. The van der Waals surface area contributed by atoms with E-state index in [4.69, 9.17) is 4.55 Å². The molecule has 3 aliphatic rings. The quantitative estimate of drug-likeness (QED) is 0.601. The van der Waals surface area contributed by atoms with Crippen LogP contribution in [0.2, 0.25) is 0 Å². The second kappa shape index (κ2) is 7.83. The van der Waals surface area contributed by atoms with Crippen LogP contribution in [-0.4, -0.2) is 32.8 Å². The molecule has 2 aliphatic carbocycles. The van der Waals surface area contributed by atoms with Crippen molar-refractivity contribution in [3.63, 3.8) is 0 Å². The lowest BCUT2D eigenvalue weighted by molar-refractivity contribution is -0.124. The molecule has 160 valence electrons. The van der Waals surface area contributed by atoms with Crippen LogP contribution >= 0.6 is 0 Å². The standard InChI is InChI=1S/C23H22FN3O3S/c24-20-8-13(12-3-5-16(6-4-12)31(29)30)1-2-14(20)7-15(11-25)26-23(28)22-19-10-21(27-22)18-9-17(18)19/h1-6,8,15,17-19,21-22,27H,7,9-10H2,(H,26,28)(H,29,30)/t15-,17+,18-,19+,21-,22-/m0/s1. The summed E-state index contributed by atoms with van der Waals surface area (Å²) in [6, 6.07) is 12.6. The Balaban J connectivity index is 1.25. The van der Waals surface area contributed by atoms with E-state index in [0.717, 1.165) is 12.3 Å². The Kier molecular flexibility index (Phi) is 5.13. The van der Waals surface area contributed by atoms with Crippen LogP contribution in [0.4, 0.5) is 4.39 Å². The van der Waals surface area contributed by atoms with Crippen LogP contribution in [0, 0.1) is 34.9 Å². The molecule has 6 nitrogen and oxygen atoms in total. The SMILES string of the molecule is N#C[C@H](Cc1ccc(-c2ccc(S(=O)O)cc2)cc1F)NC(=O)[C@H]1N[C@H]2C[C@@H]1[C@@H]1C[C@@H]12. The minimum atomic E-state index is -2.06. The van der Waals surface area contributed by atoms with E-state index in [1.165, 1.54) is 24.6 Å². The third kappa shape index (κ3) is 3.78. The van der Waals surface area contributed by atoms with Crippen LogP contribution in [0.5, 0.6) is 0 Å². The lowest BCUT2D eigenvalue weighted by Gasteiger charge is -2.23. The molecule has 0 radical (unpaired) electrons. The highest BCUT2D eigenvalue weighted by Crippen LogP contribution is 2.59. The molecule has 1 amide bonds. The van der Waals surface area contributed by atoms with Crippen molar-refractivity contribution in [3.8, 4) is 17.2 Å². The summed E-state index contributed by atoms with van der Waals surface area (Å²) in [7, 11) is 0. The highest BCUT2D eigenvalue weighted by atomic mass is 32.2. The minimum absolute atomic E-state index is 0.0870. The first-order valence-electron chi connectivity index (χ1n) is 10.4. The molecule has 3 N–H and O–H groups in total. The maximum Gasteiger partial charge on any atom is 0.238 e. The first kappa shape index (κ1) is 20.3. The molecule has 1 saturated heterocycles. The third-order valence-corrected chi connectivity index (χ3v) is 7.60. The molecule has 3 fully saturated rings. The first-order chi connectivity index (χ1) is 14.9. The Bertz CT molecular complexity index is 1100. The van der Waals surface area contributed by atoms with E-state index in [9.17, 15) is 18.7 Å². The summed E-state index contributed by atoms with van der Waals surface area (Å²) >= 11 is -2.06. The number of nitriles is 1. The van der Waals surface area contributed by atoms with Gasteiger partial charge in [-0.15, -0.1) is 0 Å². The van der Waals surface area contributed by atoms with E-state index in [0.29, 0.717) is 34.6 Å². The van der Waals surface area contributed by atoms with E-state index in [2.05, 4.69) is 16.7 Å². The molecule has 31 heavy (non-hydrogen) atoms. The number of carbonyl (C=O) groups is 1. The van der Waals surface area contributed by atoms with Crippen molar-refractivity contribution in [3.05, 3.63) is 53.8 Å². The minimum Gasteiger partial charge on any atom is -0.339 e. The van der Waals surface area contributed by atoms with E-state index >= 15 is 0 Å². The van der Waals surface area contributed by atoms with Crippen molar-refractivity contribution in [1.82, 2.24) is 10.6 Å². The van der Waals surface area contributed by atoms with E-state index in [1.54, 1.807) is 24.3 Å². The van der Waals surface area contributed by atoms with Gasteiger partial charge in [0.15, 0.2) is 11.1 Å². The molecule has 2 saturated carbocycles. The Hall–Kier alpha value is -2.60. The third-order valence-electron chi connectivity index (χ3n) is 6.93. The number of rotatable bonds is 6. The zero-order valence-electron chi connectivity index (χ0n) is 16.6. The van der Waals surface area contributed by atoms with Crippen molar-refractivity contribution in [2.24, 2.45) is 17.8 Å². The summed E-state index contributed by atoms with van der Waals surface area (Å²) in [4.78, 5) is 13.0. The van der Waals surface area contributed by atoms with Crippen LogP contribution in [0.25, 0.3) is 11.1 Å². The van der Waals surface area contributed by atoms with Gasteiger partial charge >= 0.3 is 0 Å². The Morgan fingerprint density at radius 1 is 1.19 bits per heavy atom. The summed E-state index contributed by atoms with van der Waals surface area (Å²) in [6.45, 7) is 0. The molecule has 1 aliphatic heterocycles. The van der Waals surface area contributed by atoms with Gasteiger partial charge in [-0.25, -0.2) is 8.60 Å². The summed E-state index contributed by atoms with van der Waals surface area (Å²) in [5.41, 5.74) is 1.69. The molecule has 7 atom stereocenters. The maximum absolute atomic E-state index is 14.7. The lowest BCUT2D eigenvalue weighted by atomic mass is 9.96. The van der Waals surface area contributed by atoms with Gasteiger partial charge < -0.3 is 15.2 Å². The van der Waals surface area contributed by atoms with Crippen molar-refractivity contribution in [2.45, 2.75) is 42.3 Å². The van der Waals surface area contributed by atoms with Crippen LogP contribution in [0.3, 0.4) is 0 Å². The molecule has 2 aromatic rings. The van der Waals surface area contributed by atoms with Crippen molar-refractivity contribution >= 4 is 17.0 Å². The fraction of sp³-hybridized carbons (Fsp3) is 0.391. The average molecular weight is 440 g/mol. The monoisotopic (exact) mass is 439 g/mol. The summed E-state index contributed by atoms with van der Waals surface area (Å²) in [5.74, 6) is 1.12. The topological polar surface area (TPSA) is 102 Å². The summed E-state index contributed by atoms with van der Waals surface area (Å²) in [5, 5.41) is 15.7. The number of hydrogen-bond acceptors (Lipinski definition) is 4. The van der Waals surface area contributed by atoms with Gasteiger partial charge in [0, 0.05) is 12.5 Å². The molecular weight excluding hydrogens is 417 g/mol. The number of nitrogens with one attached hydrogen (secondary N) is 2. The maximum atomic E-state index is 14.7. The van der Waals surface area contributed by atoms with Crippen molar-refractivity contribution in [1.29, 1.82) is 5.26 Å². The normalized spacial score (nSPS) is 29.6. The van der Waals surface area contributed by atoms with Gasteiger partial charge in [0.25, 0.3) is 0 Å². The Morgan fingerprint density at radius 3 is 2.55 bits per heavy atom. The van der Waals surface area contributed by atoms with Gasteiger partial charge in [-0.1, -0.05) is 24.3 Å². The van der Waals surface area contributed by atoms with Crippen molar-refractivity contribution < 1.29 is 17.9 Å². The van der Waals surface area contributed by atoms with Crippen LogP contribution < -0.4 is 10.6 Å². The molecule has 2 aromatic carbocycles. The van der Waals surface area contributed by atoms with Crippen LogP contribution in [-0.2, 0) is 22.3 Å². The predicted octanol–water partition coefficient (Wildman–Crippen LogP) is 2.62. The van der Waals surface area contributed by atoms with Crippen LogP contribution in [0.1, 0.15) is 18.4 Å². The van der Waals surface area contributed by atoms with Gasteiger partial charge in [-0.05, 0) is 65.5 Å². The molecular formula is C23H22FN3O3S. The second-order valence-electron chi connectivity index (χ2n) is 8.69. The average Bonchev–Trinajstić information content (AvgIpc) is 3.37. The van der Waals surface area contributed by atoms with Gasteiger partial charge in [-0.2, -0.15) is 5.26 Å². The summed E-state index contributed by atoms with van der Waals surface area (Å²) in [6.07, 6.45) is 2.32. The zero-order valence-corrected chi connectivity index (χ0v) is 17.4. The van der Waals surface area contributed by atoms with E-state index in [1.807, 2.05) is 0 Å². The molecule has 1 unspecified atom stereocenters. The number of amides is 1. The first-order valence-corrected chi connectivity index (χ1v) is 11.5. The molecule has 0 aromatic heterocycles. The number of fused-ring (bicyclic) bond motifs is 5. The number of carbonyl (C=O) groups excluding carboxylic acids is 1. The van der Waals surface area contributed by atoms with Crippen LogP contribution in [0.15, 0.2) is 47.4 Å². The number of halogens is 1. The summed E-state index contributed by atoms with van der Waals surface area (Å²) < 4.78 is 34.9. The largest absolute Gasteiger partial charge is 0.339 e. The fourth-order valence-electron chi connectivity index (χ4n) is 5.30. The lowest BCUT2D eigenvalue weighted by Crippen LogP contribution is -2.51. The molecule has 8 heteroatoms. The number of nitrogens with zero attached hydrogens (tertiary/aromatic N) is 1. The van der Waals surface area contributed by atoms with Gasteiger partial charge in [0.1, 0.15) is 11.9 Å². The number of piperidine rings is 1. The van der Waals surface area contributed by atoms with Gasteiger partial charge in [0.05, 0.1) is 17.0 Å². The number of benzene rings is 2. The van der Waals surface area contributed by atoms with E-state index in [-0.39, 0.29) is 23.3 Å². The predicted molar refractivity (Wildman–Crippen MR) is 113 cm³/mol. The fourth-order valence-corrected chi connectivity index (χ4v) is 5.67. The smallest absolute Gasteiger partial charge is 0.238 e.